The molecule has 5 nitrogen and oxygen atoms in total. The highest BCUT2D eigenvalue weighted by Gasteiger charge is 2.29. The molecular formula is C21H40O5. The Morgan fingerprint density at radius 3 is 1.46 bits per heavy atom. The van der Waals surface area contributed by atoms with Crippen LogP contribution in [0.15, 0.2) is 0 Å². The van der Waals surface area contributed by atoms with Crippen LogP contribution in [0.5, 0.6) is 0 Å². The highest BCUT2D eigenvalue weighted by molar-refractivity contribution is 5.76. The highest BCUT2D eigenvalue weighted by Crippen LogP contribution is 2.26. The zero-order valence-electron chi connectivity index (χ0n) is 17.8. The van der Waals surface area contributed by atoms with E-state index in [9.17, 15) is 9.59 Å². The molecule has 0 radical (unpaired) electrons. The molecule has 0 N–H and O–H groups in total. The van der Waals surface area contributed by atoms with Crippen LogP contribution < -0.4 is 0 Å². The van der Waals surface area contributed by atoms with Crippen molar-refractivity contribution in [2.75, 3.05) is 26.4 Å². The molecule has 0 saturated carbocycles. The van der Waals surface area contributed by atoms with Crippen LogP contribution in [0.4, 0.5) is 0 Å². The van der Waals surface area contributed by atoms with Crippen LogP contribution in [-0.2, 0) is 23.8 Å². The molecule has 5 heteroatoms. The highest BCUT2D eigenvalue weighted by atomic mass is 16.5. The first-order chi connectivity index (χ1) is 12.2. The molecule has 0 fully saturated rings. The Hall–Kier alpha value is -1.10. The van der Waals surface area contributed by atoms with Crippen LogP contribution in [0.3, 0.4) is 0 Å². The Kier molecular flexibility index (Phi) is 12.6. The second-order valence-corrected chi connectivity index (χ2v) is 8.09. The third-order valence-electron chi connectivity index (χ3n) is 4.59. The largest absolute Gasteiger partial charge is 0.466 e. The maximum Gasteiger partial charge on any atom is 0.311 e. The lowest BCUT2D eigenvalue weighted by atomic mass is 9.87. The number of carbonyl (C=O) groups is 2. The molecule has 0 aliphatic heterocycles. The monoisotopic (exact) mass is 372 g/mol. The predicted octanol–water partition coefficient (Wildman–Crippen LogP) is 4.91. The molecule has 0 spiro atoms. The molecule has 0 unspecified atom stereocenters. The average molecular weight is 373 g/mol. The minimum absolute atomic E-state index is 0.109. The van der Waals surface area contributed by atoms with Crippen molar-refractivity contribution in [3.8, 4) is 0 Å². The van der Waals surface area contributed by atoms with E-state index in [2.05, 4.69) is 0 Å². The van der Waals surface area contributed by atoms with Crippen LogP contribution in [0.1, 0.15) is 86.5 Å². The summed E-state index contributed by atoms with van der Waals surface area (Å²) in [4.78, 5) is 23.6. The maximum atomic E-state index is 11.8. The van der Waals surface area contributed by atoms with E-state index < -0.39 is 10.8 Å². The number of unbranched alkanes of at least 4 members (excludes halogenated alkanes) is 3. The number of hydrogen-bond acceptors (Lipinski definition) is 5. The lowest BCUT2D eigenvalue weighted by Gasteiger charge is -2.22. The van der Waals surface area contributed by atoms with E-state index in [4.69, 9.17) is 14.2 Å². The number of rotatable bonds is 15. The van der Waals surface area contributed by atoms with Gasteiger partial charge in [0.1, 0.15) is 0 Å². The van der Waals surface area contributed by atoms with Gasteiger partial charge >= 0.3 is 11.9 Å². The van der Waals surface area contributed by atoms with Crippen molar-refractivity contribution in [2.24, 2.45) is 10.8 Å². The summed E-state index contributed by atoms with van der Waals surface area (Å²) < 4.78 is 15.9. The van der Waals surface area contributed by atoms with Gasteiger partial charge in [0, 0.05) is 13.2 Å². The molecule has 26 heavy (non-hydrogen) atoms. The fourth-order valence-electron chi connectivity index (χ4n) is 2.68. The van der Waals surface area contributed by atoms with Crippen LogP contribution in [0.25, 0.3) is 0 Å². The van der Waals surface area contributed by atoms with Gasteiger partial charge in [0.05, 0.1) is 24.0 Å². The molecule has 0 rings (SSSR count). The third kappa shape index (κ3) is 10.8. The fourth-order valence-corrected chi connectivity index (χ4v) is 2.68. The topological polar surface area (TPSA) is 61.8 Å². The van der Waals surface area contributed by atoms with Gasteiger partial charge in [-0.1, -0.05) is 19.3 Å². The fraction of sp³-hybridized carbons (Fsp3) is 0.905. The summed E-state index contributed by atoms with van der Waals surface area (Å²) in [5.41, 5.74) is -0.815. The number of ether oxygens (including phenoxy) is 3. The van der Waals surface area contributed by atoms with Gasteiger partial charge in [0.15, 0.2) is 0 Å². The molecule has 0 aromatic carbocycles. The smallest absolute Gasteiger partial charge is 0.311 e. The Morgan fingerprint density at radius 2 is 1.04 bits per heavy atom. The van der Waals surface area contributed by atoms with Crippen LogP contribution in [-0.4, -0.2) is 38.4 Å². The van der Waals surface area contributed by atoms with Gasteiger partial charge in [-0.2, -0.15) is 0 Å². The number of hydrogen-bond donors (Lipinski definition) is 0. The second-order valence-electron chi connectivity index (χ2n) is 8.09. The first-order valence-corrected chi connectivity index (χ1v) is 10.1. The Labute approximate surface area is 160 Å². The molecule has 0 heterocycles. The maximum absolute atomic E-state index is 11.8. The van der Waals surface area contributed by atoms with Gasteiger partial charge in [0.2, 0.25) is 0 Å². The van der Waals surface area contributed by atoms with Gasteiger partial charge in [-0.3, -0.25) is 9.59 Å². The van der Waals surface area contributed by atoms with Crippen molar-refractivity contribution >= 4 is 11.9 Å². The number of carbonyl (C=O) groups excluding carboxylic acids is 2. The SMILES string of the molecule is CCOC(=O)C(C)(C)CCCCCOCCCCC(C)(C)C(=O)OCC. The van der Waals surface area contributed by atoms with E-state index >= 15 is 0 Å². The molecule has 154 valence electrons. The zero-order valence-corrected chi connectivity index (χ0v) is 17.8. The van der Waals surface area contributed by atoms with Crippen LogP contribution >= 0.6 is 0 Å². The van der Waals surface area contributed by atoms with Crippen molar-refractivity contribution < 1.29 is 23.8 Å². The molecule has 0 aliphatic rings. The Morgan fingerprint density at radius 1 is 0.654 bits per heavy atom. The van der Waals surface area contributed by atoms with Gasteiger partial charge in [-0.15, -0.1) is 0 Å². The molecule has 0 bridgehead atoms. The Balaban J connectivity index is 3.63. The summed E-state index contributed by atoms with van der Waals surface area (Å²) in [6.07, 6.45) is 6.64. The second kappa shape index (κ2) is 13.1. The van der Waals surface area contributed by atoms with E-state index in [-0.39, 0.29) is 11.9 Å². The van der Waals surface area contributed by atoms with Crippen molar-refractivity contribution in [2.45, 2.75) is 86.5 Å². The van der Waals surface area contributed by atoms with Crippen molar-refractivity contribution in [1.82, 2.24) is 0 Å². The number of esters is 2. The van der Waals surface area contributed by atoms with Gasteiger partial charge in [0.25, 0.3) is 0 Å². The first kappa shape index (κ1) is 24.9. The summed E-state index contributed by atoms with van der Waals surface area (Å²) in [5.74, 6) is -0.228. The molecule has 0 amide bonds. The van der Waals surface area contributed by atoms with E-state index in [0.717, 1.165) is 58.2 Å². The van der Waals surface area contributed by atoms with Gasteiger partial charge in [-0.25, -0.2) is 0 Å². The first-order valence-electron chi connectivity index (χ1n) is 10.1. The summed E-state index contributed by atoms with van der Waals surface area (Å²) in [6, 6.07) is 0. The normalized spacial score (nSPS) is 12.1. The third-order valence-corrected chi connectivity index (χ3v) is 4.59. The van der Waals surface area contributed by atoms with Crippen LogP contribution in [0, 0.1) is 10.8 Å². The molecule has 0 aromatic rings. The van der Waals surface area contributed by atoms with Gasteiger partial charge < -0.3 is 14.2 Å². The molecule has 0 aliphatic carbocycles. The molecular weight excluding hydrogens is 332 g/mol. The molecule has 0 aromatic heterocycles. The van der Waals surface area contributed by atoms with E-state index in [1.165, 1.54) is 0 Å². The quantitative estimate of drug-likeness (QED) is 0.302. The molecule has 0 atom stereocenters. The lowest BCUT2D eigenvalue weighted by molar-refractivity contribution is -0.154. The van der Waals surface area contributed by atoms with E-state index in [0.29, 0.717) is 13.2 Å². The van der Waals surface area contributed by atoms with Crippen molar-refractivity contribution in [3.63, 3.8) is 0 Å². The lowest BCUT2D eigenvalue weighted by Crippen LogP contribution is -2.26. The summed E-state index contributed by atoms with van der Waals surface area (Å²) in [7, 11) is 0. The predicted molar refractivity (Wildman–Crippen MR) is 104 cm³/mol. The minimum atomic E-state index is -0.415. The van der Waals surface area contributed by atoms with Crippen LogP contribution in [0.2, 0.25) is 0 Å². The van der Waals surface area contributed by atoms with E-state index in [1.54, 1.807) is 0 Å². The van der Waals surface area contributed by atoms with Crippen molar-refractivity contribution in [3.05, 3.63) is 0 Å². The standard InChI is InChI=1S/C21H40O5/c1-7-25-18(22)20(3,4)14-10-9-12-16-24-17-13-11-15-21(5,6)19(23)26-8-2/h7-17H2,1-6H3. The summed E-state index contributed by atoms with van der Waals surface area (Å²) in [5, 5.41) is 0. The van der Waals surface area contributed by atoms with E-state index in [1.807, 2.05) is 41.5 Å². The minimum Gasteiger partial charge on any atom is -0.466 e. The molecule has 0 saturated heterocycles. The summed E-state index contributed by atoms with van der Waals surface area (Å²) >= 11 is 0. The average Bonchev–Trinajstić information content (AvgIpc) is 2.56. The zero-order chi connectivity index (χ0) is 20.1. The van der Waals surface area contributed by atoms with Crippen molar-refractivity contribution in [1.29, 1.82) is 0 Å². The van der Waals surface area contributed by atoms with Gasteiger partial charge in [-0.05, 0) is 67.2 Å². The summed E-state index contributed by atoms with van der Waals surface area (Å²) in [6.45, 7) is 13.8. The Bertz CT molecular complexity index is 363.